The average Bonchev–Trinajstić information content (AvgIpc) is 3.11. The van der Waals surface area contributed by atoms with Gasteiger partial charge in [-0.05, 0) is 26.2 Å². The third kappa shape index (κ3) is 5.45. The fraction of sp³-hybridized carbons (Fsp3) is 0.706. The van der Waals surface area contributed by atoms with Gasteiger partial charge in [-0.1, -0.05) is 19.8 Å². The first kappa shape index (κ1) is 19.2. The highest BCUT2D eigenvalue weighted by atomic mass is 16.6. The molecule has 25 heavy (non-hydrogen) atoms. The van der Waals surface area contributed by atoms with E-state index in [-0.39, 0.29) is 29.8 Å². The minimum Gasteiger partial charge on any atom is -0.450 e. The first-order valence-corrected chi connectivity index (χ1v) is 8.98. The van der Waals surface area contributed by atoms with E-state index in [0.29, 0.717) is 38.4 Å². The van der Waals surface area contributed by atoms with Crippen molar-refractivity contribution in [2.24, 2.45) is 5.73 Å². The first-order chi connectivity index (χ1) is 12.0. The second-order valence-corrected chi connectivity index (χ2v) is 6.25. The number of aromatic nitrogens is 1. The van der Waals surface area contributed by atoms with E-state index in [4.69, 9.17) is 14.9 Å². The Labute approximate surface area is 148 Å². The topological polar surface area (TPSA) is 111 Å². The van der Waals surface area contributed by atoms with Crippen LogP contribution in [0.25, 0.3) is 0 Å². The Morgan fingerprint density at radius 1 is 1.44 bits per heavy atom. The van der Waals surface area contributed by atoms with Gasteiger partial charge < -0.3 is 25.1 Å². The maximum atomic E-state index is 12.3. The van der Waals surface area contributed by atoms with Crippen molar-refractivity contribution < 1.29 is 18.7 Å². The maximum Gasteiger partial charge on any atom is 0.409 e. The molecule has 3 N–H and O–H groups in total. The van der Waals surface area contributed by atoms with Gasteiger partial charge in [-0.15, -0.1) is 0 Å². The summed E-state index contributed by atoms with van der Waals surface area (Å²) in [5.74, 6) is 0.128. The van der Waals surface area contributed by atoms with Crippen molar-refractivity contribution in [3.8, 4) is 0 Å². The Bertz CT molecular complexity index is 567. The van der Waals surface area contributed by atoms with Crippen LogP contribution < -0.4 is 11.1 Å². The summed E-state index contributed by atoms with van der Waals surface area (Å²) in [4.78, 5) is 29.8. The molecule has 0 radical (unpaired) electrons. The molecular formula is C17H28N4O4. The van der Waals surface area contributed by atoms with Crippen molar-refractivity contribution in [3.63, 3.8) is 0 Å². The molecule has 1 unspecified atom stereocenters. The Morgan fingerprint density at radius 3 is 2.80 bits per heavy atom. The first-order valence-electron chi connectivity index (χ1n) is 8.98. The lowest BCUT2D eigenvalue weighted by Gasteiger charge is -2.31. The van der Waals surface area contributed by atoms with Crippen LogP contribution in [-0.4, -0.2) is 47.6 Å². The van der Waals surface area contributed by atoms with Crippen LogP contribution in [0.5, 0.6) is 0 Å². The number of carbonyl (C=O) groups excluding carboxylic acids is 2. The number of ether oxygens (including phenoxy) is 1. The van der Waals surface area contributed by atoms with Crippen molar-refractivity contribution in [3.05, 3.63) is 17.8 Å². The number of carbonyl (C=O) groups is 2. The number of nitrogens with zero attached hydrogens (tertiary/aromatic N) is 2. The minimum atomic E-state index is -0.297. The number of nitrogens with one attached hydrogen (secondary N) is 1. The molecule has 8 nitrogen and oxygen atoms in total. The van der Waals surface area contributed by atoms with Gasteiger partial charge in [-0.3, -0.25) is 4.79 Å². The summed E-state index contributed by atoms with van der Waals surface area (Å²) in [5, 5.41) is 2.94. The zero-order valence-corrected chi connectivity index (χ0v) is 15.0. The van der Waals surface area contributed by atoms with Crippen LogP contribution >= 0.6 is 0 Å². The van der Waals surface area contributed by atoms with E-state index in [1.54, 1.807) is 11.8 Å². The molecule has 2 rings (SSSR count). The molecule has 1 saturated heterocycles. The lowest BCUT2D eigenvalue weighted by Crippen LogP contribution is -2.46. The van der Waals surface area contributed by atoms with Gasteiger partial charge in [0.15, 0.2) is 5.69 Å². The van der Waals surface area contributed by atoms with Gasteiger partial charge in [0, 0.05) is 19.1 Å². The zero-order valence-electron chi connectivity index (χ0n) is 15.0. The third-order valence-corrected chi connectivity index (χ3v) is 4.30. The number of hydrogen-bond donors (Lipinski definition) is 2. The molecule has 0 bridgehead atoms. The number of hydrogen-bond acceptors (Lipinski definition) is 6. The highest BCUT2D eigenvalue weighted by molar-refractivity contribution is 5.92. The van der Waals surface area contributed by atoms with Crippen LogP contribution in [-0.2, 0) is 4.74 Å². The summed E-state index contributed by atoms with van der Waals surface area (Å²) in [6, 6.07) is -0.276. The van der Waals surface area contributed by atoms with E-state index < -0.39 is 0 Å². The number of likely N-dealkylation sites (tertiary alicyclic amines) is 1. The second-order valence-electron chi connectivity index (χ2n) is 6.25. The predicted molar refractivity (Wildman–Crippen MR) is 92.0 cm³/mol. The van der Waals surface area contributed by atoms with Crippen LogP contribution in [0.3, 0.4) is 0 Å². The van der Waals surface area contributed by atoms with Gasteiger partial charge in [0.1, 0.15) is 6.26 Å². The molecule has 0 spiro atoms. The monoisotopic (exact) mass is 352 g/mol. The minimum absolute atomic E-state index is 0.00657. The molecule has 1 aromatic heterocycles. The van der Waals surface area contributed by atoms with Gasteiger partial charge in [-0.2, -0.15) is 0 Å². The lowest BCUT2D eigenvalue weighted by atomic mass is 10.1. The molecule has 1 aliphatic heterocycles. The third-order valence-electron chi connectivity index (χ3n) is 4.30. The summed E-state index contributed by atoms with van der Waals surface area (Å²) in [5.41, 5.74) is 6.25. The summed E-state index contributed by atoms with van der Waals surface area (Å²) in [6.07, 6.45) is 5.25. The Morgan fingerprint density at radius 2 is 2.16 bits per heavy atom. The summed E-state index contributed by atoms with van der Waals surface area (Å²) in [7, 11) is 0. The summed E-state index contributed by atoms with van der Waals surface area (Å²) in [6.45, 7) is 5.37. The molecule has 1 aliphatic rings. The van der Waals surface area contributed by atoms with E-state index >= 15 is 0 Å². The molecule has 2 amide bonds. The standard InChI is InChI=1S/C17H28N4O4/c1-3-5-6-13(18)16-20-14(11-25-16)15(22)19-12-7-9-21(10-8-12)17(23)24-4-2/h11-13H,3-10,18H2,1-2H3,(H,19,22). The van der Waals surface area contributed by atoms with Gasteiger partial charge in [0.2, 0.25) is 5.89 Å². The molecule has 0 saturated carbocycles. The van der Waals surface area contributed by atoms with Gasteiger partial charge in [-0.25, -0.2) is 9.78 Å². The molecule has 0 aromatic carbocycles. The number of unbranched alkanes of at least 4 members (excludes halogenated alkanes) is 1. The fourth-order valence-electron chi connectivity index (χ4n) is 2.79. The van der Waals surface area contributed by atoms with Crippen LogP contribution in [0.15, 0.2) is 10.7 Å². The van der Waals surface area contributed by atoms with Gasteiger partial charge >= 0.3 is 6.09 Å². The number of oxazole rings is 1. The summed E-state index contributed by atoms with van der Waals surface area (Å²) >= 11 is 0. The van der Waals surface area contributed by atoms with Crippen LogP contribution in [0.1, 0.15) is 68.4 Å². The highest BCUT2D eigenvalue weighted by Gasteiger charge is 2.26. The zero-order chi connectivity index (χ0) is 18.2. The lowest BCUT2D eigenvalue weighted by molar-refractivity contribution is 0.0856. The predicted octanol–water partition coefficient (Wildman–Crippen LogP) is 2.22. The van der Waals surface area contributed by atoms with E-state index in [9.17, 15) is 9.59 Å². The number of nitrogens with two attached hydrogens (primary N) is 1. The molecule has 1 aromatic rings. The van der Waals surface area contributed by atoms with Crippen molar-refractivity contribution in [1.82, 2.24) is 15.2 Å². The molecule has 2 heterocycles. The van der Waals surface area contributed by atoms with Crippen molar-refractivity contribution >= 4 is 12.0 Å². The number of amides is 2. The maximum absolute atomic E-state index is 12.3. The molecule has 8 heteroatoms. The van der Waals surface area contributed by atoms with E-state index in [1.165, 1.54) is 6.26 Å². The van der Waals surface area contributed by atoms with E-state index in [1.807, 2.05) is 0 Å². The Kier molecular flexibility index (Phi) is 7.24. The van der Waals surface area contributed by atoms with Crippen LogP contribution in [0, 0.1) is 0 Å². The summed E-state index contributed by atoms with van der Waals surface area (Å²) < 4.78 is 10.3. The van der Waals surface area contributed by atoms with E-state index in [2.05, 4.69) is 17.2 Å². The second kappa shape index (κ2) is 9.41. The largest absolute Gasteiger partial charge is 0.450 e. The molecule has 0 aliphatic carbocycles. The smallest absolute Gasteiger partial charge is 0.409 e. The van der Waals surface area contributed by atoms with Crippen molar-refractivity contribution in [1.29, 1.82) is 0 Å². The van der Waals surface area contributed by atoms with E-state index in [0.717, 1.165) is 19.3 Å². The molecule has 1 atom stereocenters. The normalized spacial score (nSPS) is 16.5. The van der Waals surface area contributed by atoms with Gasteiger partial charge in [0.25, 0.3) is 5.91 Å². The SMILES string of the molecule is CCCCC(N)c1nc(C(=O)NC2CCN(C(=O)OCC)CC2)co1. The van der Waals surface area contributed by atoms with Crippen molar-refractivity contribution in [2.75, 3.05) is 19.7 Å². The number of rotatable bonds is 7. The van der Waals surface area contributed by atoms with Crippen LogP contribution in [0.2, 0.25) is 0 Å². The number of piperidine rings is 1. The Hall–Kier alpha value is -2.09. The van der Waals surface area contributed by atoms with Crippen LogP contribution in [0.4, 0.5) is 4.79 Å². The van der Waals surface area contributed by atoms with Crippen molar-refractivity contribution in [2.45, 2.75) is 58.0 Å². The van der Waals surface area contributed by atoms with Gasteiger partial charge in [0.05, 0.1) is 12.6 Å². The molecule has 1 fully saturated rings. The highest BCUT2D eigenvalue weighted by Crippen LogP contribution is 2.17. The average molecular weight is 352 g/mol. The molecular weight excluding hydrogens is 324 g/mol. The Balaban J connectivity index is 1.81. The molecule has 140 valence electrons. The quantitative estimate of drug-likeness (QED) is 0.778. The fourth-order valence-corrected chi connectivity index (χ4v) is 2.79.